The number of hydrogen-bond donors (Lipinski definition) is 1. The number of unbranched alkanes of at least 4 members (excludes halogenated alkanes) is 1. The monoisotopic (exact) mass is 396 g/mol. The first-order valence-electron chi connectivity index (χ1n) is 8.90. The Morgan fingerprint density at radius 1 is 1.25 bits per heavy atom. The molecule has 142 valence electrons. The van der Waals surface area contributed by atoms with Crippen molar-refractivity contribution in [3.8, 4) is 11.3 Å². The van der Waals surface area contributed by atoms with Crippen molar-refractivity contribution in [3.63, 3.8) is 0 Å². The number of thioether (sulfide) groups is 1. The number of amides is 1. The van der Waals surface area contributed by atoms with E-state index >= 15 is 0 Å². The van der Waals surface area contributed by atoms with Crippen LogP contribution in [0, 0.1) is 11.2 Å². The zero-order valence-electron chi connectivity index (χ0n) is 15.1. The summed E-state index contributed by atoms with van der Waals surface area (Å²) in [5, 5.41) is 15.5. The van der Waals surface area contributed by atoms with Gasteiger partial charge >= 0.3 is 0 Å². The molecule has 0 saturated heterocycles. The van der Waals surface area contributed by atoms with Crippen LogP contribution < -0.4 is 0 Å². The summed E-state index contributed by atoms with van der Waals surface area (Å²) >= 11 is 1.34. The van der Waals surface area contributed by atoms with E-state index in [9.17, 15) is 9.18 Å². The van der Waals surface area contributed by atoms with Gasteiger partial charge in [0, 0.05) is 5.56 Å². The number of rotatable bonds is 5. The number of benzene rings is 1. The first-order valence-corrected chi connectivity index (χ1v) is 9.71. The molecule has 1 aromatic carbocycles. The summed E-state index contributed by atoms with van der Waals surface area (Å²) in [6, 6.07) is 9.36. The minimum absolute atomic E-state index is 0.0197. The average molecular weight is 396 g/mol. The topological polar surface area (TPSA) is 82.0 Å². The molecule has 0 saturated carbocycles. The summed E-state index contributed by atoms with van der Waals surface area (Å²) in [6.07, 6.45) is 4.33. The van der Waals surface area contributed by atoms with Gasteiger partial charge in [-0.1, -0.05) is 13.3 Å². The molecular weight excluding hydrogens is 379 g/mol. The van der Waals surface area contributed by atoms with E-state index < -0.39 is 5.91 Å². The molecule has 0 spiro atoms. The smallest absolute Gasteiger partial charge is 0.283 e. The SMILES string of the molecule is CCCCC1=NN2C(=N)C(=Cc3ccc(-c4ccc(F)cc4)o3)C(=O)N=C2S1. The second-order valence-corrected chi connectivity index (χ2v) is 7.37. The molecule has 6 nitrogen and oxygen atoms in total. The molecule has 0 unspecified atom stereocenters. The first-order chi connectivity index (χ1) is 13.5. The molecule has 28 heavy (non-hydrogen) atoms. The molecule has 0 bridgehead atoms. The van der Waals surface area contributed by atoms with Crippen molar-refractivity contribution in [2.24, 2.45) is 10.1 Å². The minimum Gasteiger partial charge on any atom is -0.457 e. The number of nitrogens with zero attached hydrogens (tertiary/aromatic N) is 3. The van der Waals surface area contributed by atoms with Crippen molar-refractivity contribution >= 4 is 39.8 Å². The number of aliphatic imine (C=N–C) groups is 1. The molecule has 2 aliphatic heterocycles. The van der Waals surface area contributed by atoms with Gasteiger partial charge in [0.05, 0.1) is 5.57 Å². The number of carbonyl (C=O) groups is 1. The minimum atomic E-state index is -0.490. The Bertz CT molecular complexity index is 1040. The second-order valence-electron chi connectivity index (χ2n) is 6.33. The Labute approximate surface area is 165 Å². The van der Waals surface area contributed by atoms with Crippen LogP contribution in [0.15, 0.2) is 56.5 Å². The third-order valence-corrected chi connectivity index (χ3v) is 5.25. The lowest BCUT2D eigenvalue weighted by molar-refractivity contribution is -0.114. The predicted molar refractivity (Wildman–Crippen MR) is 109 cm³/mol. The third-order valence-electron chi connectivity index (χ3n) is 4.28. The molecule has 1 aromatic heterocycles. The van der Waals surface area contributed by atoms with Gasteiger partial charge < -0.3 is 4.42 Å². The molecule has 0 aliphatic carbocycles. The van der Waals surface area contributed by atoms with Gasteiger partial charge in [0.1, 0.15) is 22.4 Å². The van der Waals surface area contributed by atoms with E-state index in [0.717, 1.165) is 29.9 Å². The summed E-state index contributed by atoms with van der Waals surface area (Å²) < 4.78 is 18.8. The quantitative estimate of drug-likeness (QED) is 0.729. The van der Waals surface area contributed by atoms with Crippen LogP contribution in [0.3, 0.4) is 0 Å². The van der Waals surface area contributed by atoms with Crippen LogP contribution in [-0.2, 0) is 4.79 Å². The maximum Gasteiger partial charge on any atom is 0.283 e. The number of halogens is 1. The van der Waals surface area contributed by atoms with Crippen molar-refractivity contribution in [3.05, 3.63) is 53.5 Å². The maximum absolute atomic E-state index is 13.1. The van der Waals surface area contributed by atoms with Gasteiger partial charge in [0.25, 0.3) is 5.91 Å². The normalized spacial score (nSPS) is 17.8. The van der Waals surface area contributed by atoms with Gasteiger partial charge in [-0.25, -0.2) is 4.39 Å². The van der Waals surface area contributed by atoms with E-state index in [2.05, 4.69) is 17.0 Å². The summed E-state index contributed by atoms with van der Waals surface area (Å²) in [5.41, 5.74) is 0.836. The Morgan fingerprint density at radius 3 is 2.79 bits per heavy atom. The zero-order chi connectivity index (χ0) is 19.7. The van der Waals surface area contributed by atoms with Crippen molar-refractivity contribution in [2.75, 3.05) is 0 Å². The fraction of sp³-hybridized carbons (Fsp3) is 0.200. The Kier molecular flexibility index (Phi) is 4.95. The molecular formula is C20H17FN4O2S. The highest BCUT2D eigenvalue weighted by Gasteiger charge is 2.35. The number of hydrazone groups is 1. The van der Waals surface area contributed by atoms with Gasteiger partial charge in [-0.3, -0.25) is 10.2 Å². The van der Waals surface area contributed by atoms with Crippen LogP contribution in [0.1, 0.15) is 31.9 Å². The zero-order valence-corrected chi connectivity index (χ0v) is 15.9. The fourth-order valence-corrected chi connectivity index (χ4v) is 3.73. The van der Waals surface area contributed by atoms with E-state index in [-0.39, 0.29) is 17.2 Å². The highest BCUT2D eigenvalue weighted by Crippen LogP contribution is 2.30. The number of amidine groups is 2. The number of hydrogen-bond acceptors (Lipinski definition) is 5. The Morgan fingerprint density at radius 2 is 2.04 bits per heavy atom. The van der Waals surface area contributed by atoms with E-state index in [4.69, 9.17) is 9.83 Å². The largest absolute Gasteiger partial charge is 0.457 e. The van der Waals surface area contributed by atoms with E-state index in [0.29, 0.717) is 16.7 Å². The van der Waals surface area contributed by atoms with Crippen LogP contribution in [0.2, 0.25) is 0 Å². The predicted octanol–water partition coefficient (Wildman–Crippen LogP) is 4.90. The van der Waals surface area contributed by atoms with Gasteiger partial charge in [0.15, 0.2) is 5.84 Å². The van der Waals surface area contributed by atoms with E-state index in [1.165, 1.54) is 35.0 Å². The van der Waals surface area contributed by atoms with Crippen molar-refractivity contribution in [2.45, 2.75) is 26.2 Å². The molecule has 0 radical (unpaired) electrons. The fourth-order valence-electron chi connectivity index (χ4n) is 2.80. The van der Waals surface area contributed by atoms with Crippen LogP contribution >= 0.6 is 11.8 Å². The first kappa shape index (κ1) is 18.4. The highest BCUT2D eigenvalue weighted by atomic mass is 32.2. The molecule has 2 aliphatic rings. The molecule has 4 rings (SSSR count). The molecule has 1 N–H and O–H groups in total. The molecule has 0 fully saturated rings. The van der Waals surface area contributed by atoms with Gasteiger partial charge in [-0.15, -0.1) is 0 Å². The van der Waals surface area contributed by atoms with Crippen LogP contribution in [-0.4, -0.2) is 27.0 Å². The summed E-state index contributed by atoms with van der Waals surface area (Å²) in [7, 11) is 0. The summed E-state index contributed by atoms with van der Waals surface area (Å²) in [4.78, 5) is 16.5. The van der Waals surface area contributed by atoms with Crippen molar-refractivity contribution in [1.82, 2.24) is 5.01 Å². The highest BCUT2D eigenvalue weighted by molar-refractivity contribution is 8.26. The lowest BCUT2D eigenvalue weighted by atomic mass is 10.1. The van der Waals surface area contributed by atoms with Crippen LogP contribution in [0.25, 0.3) is 17.4 Å². The molecule has 2 aromatic rings. The second kappa shape index (κ2) is 7.55. The number of carbonyl (C=O) groups excluding carboxylic acids is 1. The lowest BCUT2D eigenvalue weighted by Crippen LogP contribution is -2.35. The van der Waals surface area contributed by atoms with E-state index in [1.807, 2.05) is 0 Å². The number of nitrogens with one attached hydrogen (secondary N) is 1. The molecule has 8 heteroatoms. The van der Waals surface area contributed by atoms with Crippen molar-refractivity contribution in [1.29, 1.82) is 5.41 Å². The molecule has 0 atom stereocenters. The molecule has 3 heterocycles. The Balaban J connectivity index is 1.59. The number of furan rings is 1. The summed E-state index contributed by atoms with van der Waals surface area (Å²) in [6.45, 7) is 2.10. The maximum atomic E-state index is 13.1. The standard InChI is InChI=1S/C20H17FN4O2S/c1-2-3-4-17-24-25-18(22)15(19(26)23-20(25)28-17)11-14-9-10-16(27-14)12-5-7-13(21)8-6-12/h5-11,22H,2-4H2,1H3. The van der Waals surface area contributed by atoms with E-state index in [1.54, 1.807) is 24.3 Å². The average Bonchev–Trinajstić information content (AvgIpc) is 3.31. The number of fused-ring (bicyclic) bond motifs is 1. The Hall–Kier alpha value is -3.00. The van der Waals surface area contributed by atoms with Gasteiger partial charge in [0.2, 0.25) is 5.17 Å². The summed E-state index contributed by atoms with van der Waals surface area (Å²) in [5.74, 6) is 0.120. The van der Waals surface area contributed by atoms with Crippen molar-refractivity contribution < 1.29 is 13.6 Å². The lowest BCUT2D eigenvalue weighted by Gasteiger charge is -2.19. The van der Waals surface area contributed by atoms with Crippen LogP contribution in [0.4, 0.5) is 4.39 Å². The van der Waals surface area contributed by atoms with Gasteiger partial charge in [-0.2, -0.15) is 15.1 Å². The van der Waals surface area contributed by atoms with Crippen LogP contribution in [0.5, 0.6) is 0 Å². The third kappa shape index (κ3) is 3.55. The van der Waals surface area contributed by atoms with Gasteiger partial charge in [-0.05, 0) is 67.1 Å². The molecule has 1 amide bonds.